The molecular formula is C17H25N3O2. The fourth-order valence-corrected chi connectivity index (χ4v) is 2.43. The summed E-state index contributed by atoms with van der Waals surface area (Å²) in [6, 6.07) is 7.57. The number of anilines is 1. The fourth-order valence-electron chi connectivity index (χ4n) is 2.43. The molecule has 1 aromatic rings. The van der Waals surface area contributed by atoms with Crippen LogP contribution < -0.4 is 10.6 Å². The lowest BCUT2D eigenvalue weighted by atomic mass is 10.1. The van der Waals surface area contributed by atoms with Crippen molar-refractivity contribution in [1.29, 1.82) is 0 Å². The first-order chi connectivity index (χ1) is 10.6. The van der Waals surface area contributed by atoms with E-state index in [1.54, 1.807) is 0 Å². The van der Waals surface area contributed by atoms with Crippen LogP contribution in [0.2, 0.25) is 0 Å². The van der Waals surface area contributed by atoms with Crippen molar-refractivity contribution in [3.05, 3.63) is 29.8 Å². The summed E-state index contributed by atoms with van der Waals surface area (Å²) < 4.78 is 0. The Morgan fingerprint density at radius 3 is 2.68 bits per heavy atom. The Kier molecular flexibility index (Phi) is 5.81. The van der Waals surface area contributed by atoms with Crippen molar-refractivity contribution in [2.75, 3.05) is 18.4 Å². The molecule has 0 aliphatic carbocycles. The van der Waals surface area contributed by atoms with Crippen LogP contribution in [0, 0.1) is 5.92 Å². The third kappa shape index (κ3) is 4.48. The molecule has 1 fully saturated rings. The molecule has 1 aliphatic rings. The quantitative estimate of drug-likeness (QED) is 0.878. The summed E-state index contributed by atoms with van der Waals surface area (Å²) in [5.41, 5.74) is 1.75. The molecule has 5 heteroatoms. The van der Waals surface area contributed by atoms with Gasteiger partial charge in [-0.05, 0) is 37.0 Å². The van der Waals surface area contributed by atoms with Gasteiger partial charge in [0.15, 0.2) is 0 Å². The molecule has 1 heterocycles. The van der Waals surface area contributed by atoms with Gasteiger partial charge in [0, 0.05) is 31.2 Å². The average Bonchev–Trinajstić information content (AvgIpc) is 3.06. The van der Waals surface area contributed by atoms with E-state index in [1.807, 2.05) is 43.0 Å². The maximum absolute atomic E-state index is 12.1. The summed E-state index contributed by atoms with van der Waals surface area (Å²) >= 11 is 0. The van der Waals surface area contributed by atoms with Crippen molar-refractivity contribution >= 4 is 17.6 Å². The van der Waals surface area contributed by atoms with Crippen LogP contribution in [0.3, 0.4) is 0 Å². The molecule has 0 radical (unpaired) electrons. The number of hydrogen-bond donors (Lipinski definition) is 2. The van der Waals surface area contributed by atoms with Crippen LogP contribution in [0.15, 0.2) is 24.3 Å². The van der Waals surface area contributed by atoms with E-state index in [1.165, 1.54) is 0 Å². The van der Waals surface area contributed by atoms with Crippen molar-refractivity contribution < 1.29 is 9.59 Å². The number of rotatable bonds is 5. The van der Waals surface area contributed by atoms with E-state index in [2.05, 4.69) is 10.6 Å². The van der Waals surface area contributed by atoms with Crippen LogP contribution >= 0.6 is 0 Å². The van der Waals surface area contributed by atoms with E-state index in [-0.39, 0.29) is 17.9 Å². The zero-order valence-electron chi connectivity index (χ0n) is 13.4. The van der Waals surface area contributed by atoms with Gasteiger partial charge in [-0.2, -0.15) is 0 Å². The second-order valence-electron chi connectivity index (χ2n) is 5.85. The largest absolute Gasteiger partial charge is 0.352 e. The molecule has 3 amide bonds. The summed E-state index contributed by atoms with van der Waals surface area (Å²) in [4.78, 5) is 25.7. The Bertz CT molecular complexity index is 524. The minimum absolute atomic E-state index is 0.0260. The Labute approximate surface area is 132 Å². The second-order valence-corrected chi connectivity index (χ2v) is 5.85. The third-order valence-electron chi connectivity index (χ3n) is 4.10. The lowest BCUT2D eigenvalue weighted by molar-refractivity contribution is -0.124. The number of carbonyl (C=O) groups excluding carboxylic acids is 2. The number of carbonyl (C=O) groups is 2. The number of likely N-dealkylation sites (tertiary alicyclic amines) is 1. The normalized spacial score (nSPS) is 15.5. The fraction of sp³-hybridized carbons (Fsp3) is 0.529. The van der Waals surface area contributed by atoms with Crippen molar-refractivity contribution in [1.82, 2.24) is 10.2 Å². The van der Waals surface area contributed by atoms with Crippen molar-refractivity contribution in [3.8, 4) is 0 Å². The lowest BCUT2D eigenvalue weighted by Gasteiger charge is -2.16. The molecule has 2 N–H and O–H groups in total. The molecule has 0 aromatic heterocycles. The minimum atomic E-state index is -0.0432. The number of nitrogens with one attached hydrogen (secondary N) is 2. The van der Waals surface area contributed by atoms with Crippen molar-refractivity contribution in [2.45, 2.75) is 39.7 Å². The highest BCUT2D eigenvalue weighted by Gasteiger charge is 2.17. The van der Waals surface area contributed by atoms with E-state index >= 15 is 0 Å². The predicted octanol–water partition coefficient (Wildman–Crippen LogP) is 2.98. The molecule has 0 saturated carbocycles. The molecule has 22 heavy (non-hydrogen) atoms. The minimum Gasteiger partial charge on any atom is -0.352 e. The number of hydrogen-bond acceptors (Lipinski definition) is 2. The topological polar surface area (TPSA) is 61.4 Å². The van der Waals surface area contributed by atoms with Gasteiger partial charge in [0.2, 0.25) is 5.91 Å². The van der Waals surface area contributed by atoms with Gasteiger partial charge in [-0.25, -0.2) is 4.79 Å². The molecule has 1 unspecified atom stereocenters. The van der Waals surface area contributed by atoms with Crippen LogP contribution in [-0.2, 0) is 11.3 Å². The number of nitrogens with zero attached hydrogens (tertiary/aromatic N) is 1. The van der Waals surface area contributed by atoms with Gasteiger partial charge in [0.25, 0.3) is 0 Å². The van der Waals surface area contributed by atoms with Gasteiger partial charge in [0.1, 0.15) is 0 Å². The predicted molar refractivity (Wildman–Crippen MR) is 87.6 cm³/mol. The summed E-state index contributed by atoms with van der Waals surface area (Å²) in [6.45, 7) is 6.06. The first kappa shape index (κ1) is 16.3. The van der Waals surface area contributed by atoms with Crippen LogP contribution in [0.1, 0.15) is 38.7 Å². The molecule has 1 saturated heterocycles. The number of benzene rings is 1. The standard InChI is InChI=1S/C17H25N3O2/c1-3-13(2)16(21)18-12-14-7-6-8-15(11-14)19-17(22)20-9-4-5-10-20/h6-8,11,13H,3-5,9-10,12H2,1-2H3,(H,18,21)(H,19,22). The van der Waals surface area contributed by atoms with E-state index in [4.69, 9.17) is 0 Å². The van der Waals surface area contributed by atoms with Crippen molar-refractivity contribution in [2.24, 2.45) is 5.92 Å². The number of amides is 3. The molecule has 120 valence electrons. The van der Waals surface area contributed by atoms with Gasteiger partial charge in [-0.15, -0.1) is 0 Å². The highest BCUT2D eigenvalue weighted by atomic mass is 16.2. The average molecular weight is 303 g/mol. The first-order valence-electron chi connectivity index (χ1n) is 8.02. The molecular weight excluding hydrogens is 278 g/mol. The Balaban J connectivity index is 1.89. The van der Waals surface area contributed by atoms with Crippen molar-refractivity contribution in [3.63, 3.8) is 0 Å². The van der Waals surface area contributed by atoms with Crippen LogP contribution in [0.4, 0.5) is 10.5 Å². The third-order valence-corrected chi connectivity index (χ3v) is 4.10. The highest BCUT2D eigenvalue weighted by molar-refractivity contribution is 5.89. The molecule has 1 aliphatic heterocycles. The first-order valence-corrected chi connectivity index (χ1v) is 8.02. The van der Waals surface area contributed by atoms with Gasteiger partial charge in [-0.1, -0.05) is 26.0 Å². The van der Waals surface area contributed by atoms with Gasteiger partial charge in [-0.3, -0.25) is 4.79 Å². The molecule has 1 aromatic carbocycles. The van der Waals surface area contributed by atoms with Gasteiger partial charge < -0.3 is 15.5 Å². The molecule has 1 atom stereocenters. The zero-order chi connectivity index (χ0) is 15.9. The highest BCUT2D eigenvalue weighted by Crippen LogP contribution is 2.14. The Morgan fingerprint density at radius 1 is 1.27 bits per heavy atom. The Morgan fingerprint density at radius 2 is 2.00 bits per heavy atom. The molecule has 2 rings (SSSR count). The lowest BCUT2D eigenvalue weighted by Crippen LogP contribution is -2.32. The summed E-state index contributed by atoms with van der Waals surface area (Å²) in [5.74, 6) is 0.0899. The molecule has 0 bridgehead atoms. The SMILES string of the molecule is CCC(C)C(=O)NCc1cccc(NC(=O)N2CCCC2)c1. The summed E-state index contributed by atoms with van der Waals surface area (Å²) in [5, 5.41) is 5.84. The maximum atomic E-state index is 12.1. The van der Waals surface area contributed by atoms with Crippen LogP contribution in [0.5, 0.6) is 0 Å². The van der Waals surface area contributed by atoms with Crippen LogP contribution in [-0.4, -0.2) is 29.9 Å². The zero-order valence-corrected chi connectivity index (χ0v) is 13.4. The van der Waals surface area contributed by atoms with E-state index in [9.17, 15) is 9.59 Å². The van der Waals surface area contributed by atoms with Crippen LogP contribution in [0.25, 0.3) is 0 Å². The second kappa shape index (κ2) is 7.82. The van der Waals surface area contributed by atoms with Gasteiger partial charge >= 0.3 is 6.03 Å². The van der Waals surface area contributed by atoms with E-state index in [0.717, 1.165) is 43.6 Å². The monoisotopic (exact) mass is 303 g/mol. The summed E-state index contributed by atoms with van der Waals surface area (Å²) in [6.07, 6.45) is 2.99. The smallest absolute Gasteiger partial charge is 0.321 e. The molecule has 5 nitrogen and oxygen atoms in total. The Hall–Kier alpha value is -2.04. The molecule has 0 spiro atoms. The maximum Gasteiger partial charge on any atom is 0.321 e. The van der Waals surface area contributed by atoms with E-state index < -0.39 is 0 Å². The van der Waals surface area contributed by atoms with Gasteiger partial charge in [0.05, 0.1) is 0 Å². The number of urea groups is 1. The summed E-state index contributed by atoms with van der Waals surface area (Å²) in [7, 11) is 0. The van der Waals surface area contributed by atoms with E-state index in [0.29, 0.717) is 6.54 Å².